The summed E-state index contributed by atoms with van der Waals surface area (Å²) in [7, 11) is 0. The van der Waals surface area contributed by atoms with E-state index in [2.05, 4.69) is 36.1 Å². The van der Waals surface area contributed by atoms with Crippen molar-refractivity contribution >= 4 is 17.4 Å². The molecule has 1 aromatic rings. The Hall–Kier alpha value is -0.870. The summed E-state index contributed by atoms with van der Waals surface area (Å²) < 4.78 is 0. The van der Waals surface area contributed by atoms with Gasteiger partial charge in [-0.2, -0.15) is 0 Å². The van der Waals surface area contributed by atoms with Gasteiger partial charge in [-0.25, -0.2) is 9.97 Å². The van der Waals surface area contributed by atoms with Gasteiger partial charge in [-0.15, -0.1) is 0 Å². The molecule has 1 aromatic heterocycles. The van der Waals surface area contributed by atoms with Crippen molar-refractivity contribution in [3.05, 3.63) is 17.0 Å². The summed E-state index contributed by atoms with van der Waals surface area (Å²) in [5.41, 5.74) is 0.801. The topological polar surface area (TPSA) is 58.0 Å². The molecule has 0 saturated carbocycles. The molecule has 0 atom stereocenters. The average molecular weight is 306 g/mol. The second-order valence-corrected chi connectivity index (χ2v) is 4.38. The van der Waals surface area contributed by atoms with Crippen molar-refractivity contribution in [1.82, 2.24) is 9.97 Å². The molecule has 0 unspecified atom stereocenters. The maximum atomic E-state index is 8.53. The predicted octanol–water partition coefficient (Wildman–Crippen LogP) is 4.56. The predicted molar refractivity (Wildman–Crippen MR) is 90.6 cm³/mol. The van der Waals surface area contributed by atoms with E-state index in [4.69, 9.17) is 16.7 Å². The van der Waals surface area contributed by atoms with E-state index in [0.717, 1.165) is 11.6 Å². The summed E-state index contributed by atoms with van der Waals surface area (Å²) in [6.45, 7) is 16.9. The minimum atomic E-state index is 0.0701. The lowest BCUT2D eigenvalue weighted by molar-refractivity contribution is 0.311. The van der Waals surface area contributed by atoms with Crippen molar-refractivity contribution < 1.29 is 5.11 Å². The van der Waals surface area contributed by atoms with E-state index >= 15 is 0 Å². The number of nitrogens with one attached hydrogen (secondary N) is 1. The van der Waals surface area contributed by atoms with Gasteiger partial charge in [0, 0.05) is 18.3 Å². The molecule has 0 bridgehead atoms. The number of aromatic nitrogens is 2. The van der Waals surface area contributed by atoms with Gasteiger partial charge in [-0.3, -0.25) is 0 Å². The fraction of sp³-hybridized carbons (Fsp3) is 0.733. The molecule has 0 aromatic carbocycles. The normalized spacial score (nSPS) is 8.35. The van der Waals surface area contributed by atoms with E-state index in [-0.39, 0.29) is 11.9 Å². The van der Waals surface area contributed by atoms with Crippen molar-refractivity contribution in [2.45, 2.75) is 55.4 Å². The van der Waals surface area contributed by atoms with Crippen LogP contribution in [-0.4, -0.2) is 28.2 Å². The molecule has 0 aliphatic heterocycles. The molecule has 20 heavy (non-hydrogen) atoms. The summed E-state index contributed by atoms with van der Waals surface area (Å²) in [5.74, 6) is 1.47. The molecule has 120 valence electrons. The Morgan fingerprint density at radius 2 is 1.60 bits per heavy atom. The van der Waals surface area contributed by atoms with Crippen LogP contribution in [0.2, 0.25) is 5.28 Å². The summed E-state index contributed by atoms with van der Waals surface area (Å²) in [5, 5.41) is 11.6. The summed E-state index contributed by atoms with van der Waals surface area (Å²) >= 11 is 5.60. The van der Waals surface area contributed by atoms with Crippen LogP contribution in [0, 0.1) is 12.8 Å². The smallest absolute Gasteiger partial charge is 0.224 e. The fourth-order valence-corrected chi connectivity index (χ4v) is 1.03. The Morgan fingerprint density at radius 1 is 1.15 bits per heavy atom. The zero-order valence-corrected chi connectivity index (χ0v) is 15.0. The third kappa shape index (κ3) is 19.5. The first-order chi connectivity index (χ1) is 9.45. The molecule has 0 amide bonds. The number of nitrogens with zero attached hydrogens (tertiary/aromatic N) is 2. The molecule has 4 nitrogen and oxygen atoms in total. The molecule has 1 heterocycles. The standard InChI is InChI=1S/C7H10ClN3O.C4H10.2C2H6/c1-5-4-6(9-2-3-12)11-7(8)10-5;1-4(2)3;2*1-2/h4,12H,2-3H2,1H3,(H,9,10,11);4H,1-3H3;2*1-2H3. The molecular weight excluding hydrogens is 274 g/mol. The first-order valence-electron chi connectivity index (χ1n) is 7.31. The lowest BCUT2D eigenvalue weighted by atomic mass is 10.3. The highest BCUT2D eigenvalue weighted by Crippen LogP contribution is 2.08. The van der Waals surface area contributed by atoms with Crippen molar-refractivity contribution in [2.24, 2.45) is 5.92 Å². The molecule has 5 heteroatoms. The van der Waals surface area contributed by atoms with Gasteiger partial charge in [-0.1, -0.05) is 48.5 Å². The number of halogens is 1. The van der Waals surface area contributed by atoms with Gasteiger partial charge in [0.15, 0.2) is 0 Å². The second kappa shape index (κ2) is 18.1. The van der Waals surface area contributed by atoms with Crippen LogP contribution in [0.4, 0.5) is 5.82 Å². The Kier molecular flexibility index (Phi) is 21.9. The van der Waals surface area contributed by atoms with Crippen LogP contribution in [0.3, 0.4) is 0 Å². The number of hydrogen-bond donors (Lipinski definition) is 2. The Bertz CT molecular complexity index is 284. The monoisotopic (exact) mass is 305 g/mol. The quantitative estimate of drug-likeness (QED) is 0.804. The van der Waals surface area contributed by atoms with Gasteiger partial charge in [0.1, 0.15) is 5.82 Å². The molecular formula is C15H32ClN3O. The van der Waals surface area contributed by atoms with Crippen molar-refractivity contribution in [3.8, 4) is 0 Å². The zero-order chi connectivity index (χ0) is 16.6. The van der Waals surface area contributed by atoms with Crippen LogP contribution >= 0.6 is 11.6 Å². The molecule has 2 N–H and O–H groups in total. The Labute approximate surface area is 130 Å². The molecule has 0 saturated heterocycles. The van der Waals surface area contributed by atoms with Crippen LogP contribution in [-0.2, 0) is 0 Å². The number of aryl methyl sites for hydroxylation is 1. The molecule has 0 fully saturated rings. The van der Waals surface area contributed by atoms with E-state index < -0.39 is 0 Å². The first kappa shape index (κ1) is 24.2. The summed E-state index contributed by atoms with van der Waals surface area (Å²) in [6.07, 6.45) is 0. The highest BCUT2D eigenvalue weighted by Gasteiger charge is 1.97. The van der Waals surface area contributed by atoms with E-state index in [1.165, 1.54) is 0 Å². The minimum absolute atomic E-state index is 0.0701. The van der Waals surface area contributed by atoms with Gasteiger partial charge < -0.3 is 10.4 Å². The van der Waals surface area contributed by atoms with Crippen molar-refractivity contribution in [1.29, 1.82) is 0 Å². The third-order valence-corrected chi connectivity index (χ3v) is 1.41. The van der Waals surface area contributed by atoms with Gasteiger partial charge in [-0.05, 0) is 24.4 Å². The molecule has 0 spiro atoms. The third-order valence-electron chi connectivity index (χ3n) is 1.24. The van der Waals surface area contributed by atoms with Crippen molar-refractivity contribution in [3.63, 3.8) is 0 Å². The molecule has 1 rings (SSSR count). The maximum Gasteiger partial charge on any atom is 0.224 e. The van der Waals surface area contributed by atoms with E-state index in [1.54, 1.807) is 6.07 Å². The second-order valence-electron chi connectivity index (χ2n) is 4.05. The van der Waals surface area contributed by atoms with Crippen LogP contribution < -0.4 is 5.32 Å². The number of rotatable bonds is 3. The van der Waals surface area contributed by atoms with Gasteiger partial charge in [0.05, 0.1) is 6.61 Å². The summed E-state index contributed by atoms with van der Waals surface area (Å²) in [4.78, 5) is 7.80. The van der Waals surface area contributed by atoms with E-state index in [0.29, 0.717) is 12.4 Å². The number of hydrogen-bond acceptors (Lipinski definition) is 4. The van der Waals surface area contributed by atoms with Crippen LogP contribution in [0.15, 0.2) is 6.07 Å². The highest BCUT2D eigenvalue weighted by molar-refractivity contribution is 6.28. The fourth-order valence-electron chi connectivity index (χ4n) is 0.807. The highest BCUT2D eigenvalue weighted by atomic mass is 35.5. The number of anilines is 1. The number of aliphatic hydroxyl groups excluding tert-OH is 1. The maximum absolute atomic E-state index is 8.53. The lowest BCUT2D eigenvalue weighted by Gasteiger charge is -2.03. The Balaban J connectivity index is -0.000000306. The SMILES string of the molecule is CC.CC.CC(C)C.Cc1cc(NCCO)nc(Cl)n1. The molecule has 0 aliphatic carbocycles. The summed E-state index contributed by atoms with van der Waals surface area (Å²) in [6, 6.07) is 1.77. The largest absolute Gasteiger partial charge is 0.395 e. The number of aliphatic hydroxyl groups is 1. The van der Waals surface area contributed by atoms with Crippen LogP contribution in [0.1, 0.15) is 54.2 Å². The zero-order valence-electron chi connectivity index (χ0n) is 14.3. The minimum Gasteiger partial charge on any atom is -0.395 e. The first-order valence-corrected chi connectivity index (χ1v) is 7.69. The van der Waals surface area contributed by atoms with Crippen LogP contribution in [0.5, 0.6) is 0 Å². The van der Waals surface area contributed by atoms with E-state index in [1.807, 2.05) is 34.6 Å². The molecule has 0 aliphatic rings. The lowest BCUT2D eigenvalue weighted by Crippen LogP contribution is -2.07. The average Bonchev–Trinajstić information content (AvgIpc) is 2.39. The van der Waals surface area contributed by atoms with Gasteiger partial charge >= 0.3 is 0 Å². The van der Waals surface area contributed by atoms with Crippen molar-refractivity contribution in [2.75, 3.05) is 18.5 Å². The van der Waals surface area contributed by atoms with E-state index in [9.17, 15) is 0 Å². The Morgan fingerprint density at radius 3 is 1.95 bits per heavy atom. The van der Waals surface area contributed by atoms with Gasteiger partial charge in [0.2, 0.25) is 5.28 Å². The van der Waals surface area contributed by atoms with Gasteiger partial charge in [0.25, 0.3) is 0 Å². The van der Waals surface area contributed by atoms with Crippen LogP contribution in [0.25, 0.3) is 0 Å². The molecule has 0 radical (unpaired) electrons.